The number of ether oxygens (including phenoxy) is 1. The van der Waals surface area contributed by atoms with Gasteiger partial charge in [-0.3, -0.25) is 9.59 Å². The van der Waals surface area contributed by atoms with Crippen LogP contribution in [0.15, 0.2) is 24.3 Å². The molecule has 164 valence electrons. The number of carbonyl (C=O) groups is 2. The number of carbonyl (C=O) groups excluding carboxylic acids is 2. The van der Waals surface area contributed by atoms with Gasteiger partial charge in [-0.1, -0.05) is 12.1 Å². The molecule has 1 aromatic rings. The second-order valence-electron chi connectivity index (χ2n) is 9.13. The molecule has 6 nitrogen and oxygen atoms in total. The van der Waals surface area contributed by atoms with Gasteiger partial charge in [0.05, 0.1) is 12.6 Å². The Morgan fingerprint density at radius 1 is 1.27 bits per heavy atom. The van der Waals surface area contributed by atoms with E-state index in [1.807, 2.05) is 4.90 Å². The maximum Gasteiger partial charge on any atom is 0.249 e. The largest absolute Gasteiger partial charge is 0.383 e. The van der Waals surface area contributed by atoms with Gasteiger partial charge in [-0.15, -0.1) is 0 Å². The van der Waals surface area contributed by atoms with E-state index in [-0.39, 0.29) is 30.2 Å². The van der Waals surface area contributed by atoms with Crippen LogP contribution in [0.5, 0.6) is 0 Å². The highest BCUT2D eigenvalue weighted by Crippen LogP contribution is 2.57. The van der Waals surface area contributed by atoms with Gasteiger partial charge in [0.1, 0.15) is 0 Å². The smallest absolute Gasteiger partial charge is 0.249 e. The van der Waals surface area contributed by atoms with Crippen molar-refractivity contribution in [3.05, 3.63) is 29.8 Å². The molecule has 2 heterocycles. The molecule has 1 aliphatic carbocycles. The average molecular weight is 421 g/mol. The van der Waals surface area contributed by atoms with E-state index in [0.717, 1.165) is 18.8 Å². The Balaban J connectivity index is 1.20. The number of amides is 2. The number of hydrogen-bond acceptors (Lipinski definition) is 4. The van der Waals surface area contributed by atoms with E-state index in [9.17, 15) is 18.4 Å². The maximum atomic E-state index is 13.1. The van der Waals surface area contributed by atoms with Gasteiger partial charge in [0, 0.05) is 69.6 Å². The van der Waals surface area contributed by atoms with Crippen molar-refractivity contribution in [1.82, 2.24) is 10.2 Å². The zero-order valence-electron chi connectivity index (χ0n) is 17.3. The SMILES string of the molecule is COCC(CCC(=O)N1CC(c2ccc(N3CC4(C3)CC(F)(F)C4)cc2)C1)NC=O. The zero-order valence-corrected chi connectivity index (χ0v) is 17.3. The van der Waals surface area contributed by atoms with Crippen molar-refractivity contribution in [1.29, 1.82) is 0 Å². The minimum Gasteiger partial charge on any atom is -0.383 e. The normalized spacial score (nSPS) is 22.6. The number of anilines is 1. The molecule has 1 aromatic carbocycles. The zero-order chi connectivity index (χ0) is 21.4. The molecule has 1 unspecified atom stereocenters. The van der Waals surface area contributed by atoms with Crippen molar-refractivity contribution in [3.63, 3.8) is 0 Å². The van der Waals surface area contributed by atoms with Crippen LogP contribution in [0.1, 0.15) is 37.2 Å². The minimum absolute atomic E-state index is 0.0257. The van der Waals surface area contributed by atoms with E-state index in [2.05, 4.69) is 34.5 Å². The van der Waals surface area contributed by atoms with Crippen LogP contribution in [-0.2, 0) is 14.3 Å². The fraction of sp³-hybridized carbons (Fsp3) is 0.636. The van der Waals surface area contributed by atoms with E-state index in [0.29, 0.717) is 44.9 Å². The predicted octanol–water partition coefficient (Wildman–Crippen LogP) is 2.39. The second-order valence-corrected chi connectivity index (χ2v) is 9.13. The van der Waals surface area contributed by atoms with Crippen molar-refractivity contribution < 1.29 is 23.1 Å². The Labute approximate surface area is 175 Å². The first-order chi connectivity index (χ1) is 14.3. The summed E-state index contributed by atoms with van der Waals surface area (Å²) in [6.45, 7) is 3.24. The standard InChI is InChI=1S/C22H29F2N3O3/c1-30-10-18(25-15-28)4-7-20(29)26-8-17(9-26)16-2-5-19(6-3-16)27-13-21(14-27)11-22(23,24)12-21/h2-3,5-6,15,17-18H,4,7-14H2,1H3,(H,25,28). The lowest BCUT2D eigenvalue weighted by Gasteiger charge is -2.59. The van der Waals surface area contributed by atoms with Gasteiger partial charge in [0.25, 0.3) is 0 Å². The minimum atomic E-state index is -2.46. The molecule has 30 heavy (non-hydrogen) atoms. The third kappa shape index (κ3) is 4.29. The van der Waals surface area contributed by atoms with Crippen LogP contribution in [0.2, 0.25) is 0 Å². The Bertz CT molecular complexity index is 764. The number of hydrogen-bond donors (Lipinski definition) is 1. The molecule has 8 heteroatoms. The van der Waals surface area contributed by atoms with Crippen molar-refractivity contribution in [2.24, 2.45) is 5.41 Å². The van der Waals surface area contributed by atoms with Gasteiger partial charge >= 0.3 is 0 Å². The van der Waals surface area contributed by atoms with Gasteiger partial charge in [-0.05, 0) is 24.1 Å². The second kappa shape index (κ2) is 8.13. The fourth-order valence-electron chi connectivity index (χ4n) is 5.03. The Morgan fingerprint density at radius 2 is 1.93 bits per heavy atom. The van der Waals surface area contributed by atoms with Crippen LogP contribution in [0.4, 0.5) is 14.5 Å². The van der Waals surface area contributed by atoms with Crippen molar-refractivity contribution in [3.8, 4) is 0 Å². The summed E-state index contributed by atoms with van der Waals surface area (Å²) in [7, 11) is 1.57. The Hall–Kier alpha value is -2.22. The number of likely N-dealkylation sites (tertiary alicyclic amines) is 1. The topological polar surface area (TPSA) is 61.9 Å². The number of halogens is 2. The van der Waals surface area contributed by atoms with Gasteiger partial charge in [-0.2, -0.15) is 0 Å². The number of nitrogens with zero attached hydrogens (tertiary/aromatic N) is 2. The molecule has 2 aliphatic heterocycles. The molecule has 4 rings (SSSR count). The summed E-state index contributed by atoms with van der Waals surface area (Å²) in [4.78, 5) is 27.0. The maximum absolute atomic E-state index is 13.1. The van der Waals surface area contributed by atoms with Crippen molar-refractivity contribution in [2.45, 2.75) is 43.6 Å². The molecular formula is C22H29F2N3O3. The quantitative estimate of drug-likeness (QED) is 0.622. The number of nitrogens with one attached hydrogen (secondary N) is 1. The number of benzene rings is 1. The van der Waals surface area contributed by atoms with Gasteiger partial charge in [0.15, 0.2) is 0 Å². The first-order valence-electron chi connectivity index (χ1n) is 10.5. The highest BCUT2D eigenvalue weighted by molar-refractivity contribution is 5.77. The number of alkyl halides is 2. The van der Waals surface area contributed by atoms with Crippen LogP contribution >= 0.6 is 0 Å². The molecule has 3 fully saturated rings. The van der Waals surface area contributed by atoms with Crippen LogP contribution in [0.3, 0.4) is 0 Å². The molecule has 1 atom stereocenters. The monoisotopic (exact) mass is 421 g/mol. The van der Waals surface area contributed by atoms with Crippen LogP contribution in [-0.4, -0.2) is 69.1 Å². The van der Waals surface area contributed by atoms with Gasteiger partial charge in [0.2, 0.25) is 18.2 Å². The van der Waals surface area contributed by atoms with E-state index < -0.39 is 5.92 Å². The van der Waals surface area contributed by atoms with Gasteiger partial charge < -0.3 is 19.9 Å². The lowest BCUT2D eigenvalue weighted by Crippen LogP contribution is -2.66. The third-order valence-corrected chi connectivity index (χ3v) is 6.66. The third-order valence-electron chi connectivity index (χ3n) is 6.66. The number of methoxy groups -OCH3 is 1. The summed E-state index contributed by atoms with van der Waals surface area (Å²) >= 11 is 0. The van der Waals surface area contributed by atoms with Crippen molar-refractivity contribution >= 4 is 18.0 Å². The average Bonchev–Trinajstić information content (AvgIpc) is 2.62. The predicted molar refractivity (Wildman–Crippen MR) is 109 cm³/mol. The van der Waals surface area contributed by atoms with E-state index >= 15 is 0 Å². The van der Waals surface area contributed by atoms with Crippen LogP contribution in [0, 0.1) is 5.41 Å². The molecule has 0 bridgehead atoms. The number of rotatable bonds is 9. The highest BCUT2D eigenvalue weighted by Gasteiger charge is 2.61. The van der Waals surface area contributed by atoms with E-state index in [1.165, 1.54) is 5.56 Å². The van der Waals surface area contributed by atoms with Crippen LogP contribution in [0.25, 0.3) is 0 Å². The molecule has 1 N–H and O–H groups in total. The van der Waals surface area contributed by atoms with Crippen molar-refractivity contribution in [2.75, 3.05) is 44.8 Å². The molecule has 2 saturated heterocycles. The summed E-state index contributed by atoms with van der Waals surface area (Å²) in [5.74, 6) is -2.03. The summed E-state index contributed by atoms with van der Waals surface area (Å²) in [6, 6.07) is 8.15. The summed E-state index contributed by atoms with van der Waals surface area (Å²) in [6.07, 6.45) is 1.63. The Morgan fingerprint density at radius 3 is 2.50 bits per heavy atom. The fourth-order valence-corrected chi connectivity index (χ4v) is 5.03. The lowest BCUT2D eigenvalue weighted by atomic mass is 9.61. The molecule has 3 aliphatic rings. The summed E-state index contributed by atoms with van der Waals surface area (Å²) in [5, 5.41) is 2.67. The first-order valence-corrected chi connectivity index (χ1v) is 10.5. The van der Waals surface area contributed by atoms with Gasteiger partial charge in [-0.25, -0.2) is 8.78 Å². The molecule has 0 aromatic heterocycles. The molecule has 1 saturated carbocycles. The summed E-state index contributed by atoms with van der Waals surface area (Å²) in [5.41, 5.74) is 2.12. The molecule has 1 spiro atoms. The van der Waals surface area contributed by atoms with Crippen LogP contribution < -0.4 is 10.2 Å². The van der Waals surface area contributed by atoms with E-state index in [4.69, 9.17) is 4.74 Å². The summed E-state index contributed by atoms with van der Waals surface area (Å²) < 4.78 is 31.3. The first kappa shape index (κ1) is 21.0. The Kier molecular flexibility index (Phi) is 5.70. The highest BCUT2D eigenvalue weighted by atomic mass is 19.3. The molecular weight excluding hydrogens is 392 g/mol. The lowest BCUT2D eigenvalue weighted by molar-refractivity contribution is -0.170. The molecule has 2 amide bonds. The molecule has 0 radical (unpaired) electrons. The van der Waals surface area contributed by atoms with E-state index in [1.54, 1.807) is 7.11 Å².